The summed E-state index contributed by atoms with van der Waals surface area (Å²) >= 11 is 0. The third-order valence-electron chi connectivity index (χ3n) is 3.19. The third kappa shape index (κ3) is 3.19. The van der Waals surface area contributed by atoms with Crippen molar-refractivity contribution in [1.82, 2.24) is 9.55 Å². The molecular formula is C14H13N3O4. The van der Waals surface area contributed by atoms with E-state index >= 15 is 0 Å². The Morgan fingerprint density at radius 2 is 2.05 bits per heavy atom. The van der Waals surface area contributed by atoms with Crippen molar-refractivity contribution in [3.63, 3.8) is 0 Å². The molecule has 0 N–H and O–H groups in total. The van der Waals surface area contributed by atoms with Gasteiger partial charge in [0.05, 0.1) is 17.7 Å². The van der Waals surface area contributed by atoms with Crippen molar-refractivity contribution in [3.8, 4) is 0 Å². The van der Waals surface area contributed by atoms with E-state index in [9.17, 15) is 19.7 Å². The van der Waals surface area contributed by atoms with Crippen LogP contribution in [0.4, 0.5) is 5.69 Å². The number of aryl methyl sites for hydroxylation is 2. The summed E-state index contributed by atoms with van der Waals surface area (Å²) in [6, 6.07) is 5.21. The zero-order chi connectivity index (χ0) is 15.6. The molecule has 0 radical (unpaired) electrons. The standard InChI is InChI=1S/C14H13N3O4/c1-9-3-4-11(5-10(9)2)13(18)8-16-7-12(17(20)21)6-15-14(16)19/h3-7H,8H2,1-2H3. The minimum absolute atomic E-state index is 0.282. The van der Waals surface area contributed by atoms with Gasteiger partial charge in [-0.15, -0.1) is 0 Å². The molecule has 2 rings (SSSR count). The summed E-state index contributed by atoms with van der Waals surface area (Å²) in [5.41, 5.74) is 1.45. The molecule has 1 heterocycles. The molecule has 0 aliphatic rings. The van der Waals surface area contributed by atoms with Crippen LogP contribution in [-0.4, -0.2) is 20.3 Å². The van der Waals surface area contributed by atoms with Crippen LogP contribution in [0.15, 0.2) is 35.4 Å². The SMILES string of the molecule is Cc1ccc(C(=O)Cn2cc([N+](=O)[O-])cnc2=O)cc1C. The van der Waals surface area contributed by atoms with E-state index < -0.39 is 10.6 Å². The predicted octanol–water partition coefficient (Wildman–Crippen LogP) is 1.65. The molecule has 0 aliphatic carbocycles. The molecule has 0 aliphatic heterocycles. The second kappa shape index (κ2) is 5.66. The van der Waals surface area contributed by atoms with Gasteiger partial charge in [0.15, 0.2) is 5.78 Å². The first-order chi connectivity index (χ1) is 9.88. The molecule has 21 heavy (non-hydrogen) atoms. The molecule has 7 heteroatoms. The summed E-state index contributed by atoms with van der Waals surface area (Å²) in [4.78, 5) is 37.1. The van der Waals surface area contributed by atoms with Gasteiger partial charge in [0, 0.05) is 5.56 Å². The van der Waals surface area contributed by atoms with Gasteiger partial charge >= 0.3 is 11.4 Å². The highest BCUT2D eigenvalue weighted by Crippen LogP contribution is 2.11. The average molecular weight is 287 g/mol. The summed E-state index contributed by atoms with van der Waals surface area (Å²) in [5, 5.41) is 10.7. The molecule has 2 aromatic rings. The molecule has 0 saturated carbocycles. The van der Waals surface area contributed by atoms with Crippen LogP contribution >= 0.6 is 0 Å². The van der Waals surface area contributed by atoms with Crippen molar-refractivity contribution >= 4 is 11.5 Å². The molecular weight excluding hydrogens is 274 g/mol. The van der Waals surface area contributed by atoms with Gasteiger partial charge < -0.3 is 0 Å². The largest absolute Gasteiger partial charge is 0.348 e. The maximum atomic E-state index is 12.2. The second-order valence-corrected chi connectivity index (χ2v) is 4.70. The van der Waals surface area contributed by atoms with Crippen LogP contribution in [0.2, 0.25) is 0 Å². The van der Waals surface area contributed by atoms with Gasteiger partial charge in [-0.3, -0.25) is 19.5 Å². The molecule has 0 saturated heterocycles. The summed E-state index contributed by atoms with van der Waals surface area (Å²) in [6.45, 7) is 3.53. The number of carbonyl (C=O) groups excluding carboxylic acids is 1. The summed E-state index contributed by atoms with van der Waals surface area (Å²) in [6.07, 6.45) is 1.90. The molecule has 0 bridgehead atoms. The van der Waals surface area contributed by atoms with E-state index in [-0.39, 0.29) is 18.0 Å². The van der Waals surface area contributed by atoms with Crippen LogP contribution in [0.25, 0.3) is 0 Å². The number of nitro groups is 1. The Bertz CT molecular complexity index is 780. The lowest BCUT2D eigenvalue weighted by atomic mass is 10.0. The number of ketones is 1. The van der Waals surface area contributed by atoms with Gasteiger partial charge in [-0.1, -0.05) is 12.1 Å². The monoisotopic (exact) mass is 287 g/mol. The van der Waals surface area contributed by atoms with E-state index in [1.807, 2.05) is 19.9 Å². The van der Waals surface area contributed by atoms with E-state index in [4.69, 9.17) is 0 Å². The van der Waals surface area contributed by atoms with E-state index in [2.05, 4.69) is 4.98 Å². The number of rotatable bonds is 4. The summed E-state index contributed by atoms with van der Waals surface area (Å²) in [7, 11) is 0. The highest BCUT2D eigenvalue weighted by molar-refractivity contribution is 5.96. The molecule has 1 aromatic heterocycles. The first-order valence-corrected chi connectivity index (χ1v) is 6.20. The number of aromatic nitrogens is 2. The Hall–Kier alpha value is -2.83. The molecule has 0 amide bonds. The lowest BCUT2D eigenvalue weighted by Gasteiger charge is -2.06. The first-order valence-electron chi connectivity index (χ1n) is 6.20. The number of carbonyl (C=O) groups is 1. The third-order valence-corrected chi connectivity index (χ3v) is 3.19. The van der Waals surface area contributed by atoms with Crippen molar-refractivity contribution in [2.24, 2.45) is 0 Å². The molecule has 0 unspecified atom stereocenters. The fourth-order valence-electron chi connectivity index (χ4n) is 1.81. The van der Waals surface area contributed by atoms with Gasteiger partial charge in [-0.25, -0.2) is 4.79 Å². The number of hydrogen-bond donors (Lipinski definition) is 0. The van der Waals surface area contributed by atoms with Crippen molar-refractivity contribution in [2.45, 2.75) is 20.4 Å². The Morgan fingerprint density at radius 3 is 2.67 bits per heavy atom. The number of hydrogen-bond acceptors (Lipinski definition) is 5. The van der Waals surface area contributed by atoms with Crippen LogP contribution in [0.5, 0.6) is 0 Å². The van der Waals surface area contributed by atoms with Crippen LogP contribution in [0.3, 0.4) is 0 Å². The Labute approximate surface area is 120 Å². The van der Waals surface area contributed by atoms with E-state index in [0.29, 0.717) is 5.56 Å². The minimum atomic E-state index is -0.696. The maximum absolute atomic E-state index is 12.2. The smallest absolute Gasteiger partial charge is 0.292 e. The number of benzene rings is 1. The van der Waals surface area contributed by atoms with Gasteiger partial charge in [-0.05, 0) is 31.0 Å². The highest BCUT2D eigenvalue weighted by Gasteiger charge is 2.13. The van der Waals surface area contributed by atoms with E-state index in [1.54, 1.807) is 12.1 Å². The van der Waals surface area contributed by atoms with Gasteiger partial charge in [-0.2, -0.15) is 4.98 Å². The summed E-state index contributed by atoms with van der Waals surface area (Å²) in [5.74, 6) is -0.303. The normalized spacial score (nSPS) is 10.4. The predicted molar refractivity (Wildman–Crippen MR) is 75.4 cm³/mol. The van der Waals surface area contributed by atoms with Crippen LogP contribution in [0, 0.1) is 24.0 Å². The van der Waals surface area contributed by atoms with Gasteiger partial charge in [0.2, 0.25) is 0 Å². The van der Waals surface area contributed by atoms with Crippen molar-refractivity contribution in [2.75, 3.05) is 0 Å². The maximum Gasteiger partial charge on any atom is 0.348 e. The van der Waals surface area contributed by atoms with Crippen LogP contribution < -0.4 is 5.69 Å². The molecule has 0 spiro atoms. The van der Waals surface area contributed by atoms with Crippen LogP contribution in [0.1, 0.15) is 21.5 Å². The van der Waals surface area contributed by atoms with Crippen molar-refractivity contribution in [1.29, 1.82) is 0 Å². The Balaban J connectivity index is 2.31. The molecule has 1 aromatic carbocycles. The molecule has 108 valence electrons. The molecule has 0 atom stereocenters. The Kier molecular flexibility index (Phi) is 3.93. The summed E-state index contributed by atoms with van der Waals surface area (Å²) < 4.78 is 0.940. The Morgan fingerprint density at radius 1 is 1.33 bits per heavy atom. The minimum Gasteiger partial charge on any atom is -0.292 e. The number of nitrogens with zero attached hydrogens (tertiary/aromatic N) is 3. The van der Waals surface area contributed by atoms with E-state index in [1.165, 1.54) is 0 Å². The topological polar surface area (TPSA) is 95.1 Å². The van der Waals surface area contributed by atoms with Gasteiger partial charge in [0.1, 0.15) is 6.20 Å². The lowest BCUT2D eigenvalue weighted by molar-refractivity contribution is -0.385. The van der Waals surface area contributed by atoms with Crippen LogP contribution in [-0.2, 0) is 6.54 Å². The second-order valence-electron chi connectivity index (χ2n) is 4.70. The van der Waals surface area contributed by atoms with Crippen molar-refractivity contribution < 1.29 is 9.72 Å². The fourth-order valence-corrected chi connectivity index (χ4v) is 1.81. The van der Waals surface area contributed by atoms with Gasteiger partial charge in [0.25, 0.3) is 0 Å². The number of Topliss-reactive ketones (excluding diaryl/α,β-unsaturated/α-hetero) is 1. The zero-order valence-corrected chi connectivity index (χ0v) is 11.6. The average Bonchev–Trinajstić information content (AvgIpc) is 2.43. The van der Waals surface area contributed by atoms with E-state index in [0.717, 1.165) is 28.1 Å². The zero-order valence-electron chi connectivity index (χ0n) is 11.6. The highest BCUT2D eigenvalue weighted by atomic mass is 16.6. The fraction of sp³-hybridized carbons (Fsp3) is 0.214. The quantitative estimate of drug-likeness (QED) is 0.484. The lowest BCUT2D eigenvalue weighted by Crippen LogP contribution is -2.26. The first kappa shape index (κ1) is 14.6. The molecule has 7 nitrogen and oxygen atoms in total. The van der Waals surface area contributed by atoms with Crippen molar-refractivity contribution in [3.05, 3.63) is 67.9 Å². The molecule has 0 fully saturated rings.